The number of esters is 3. The highest BCUT2D eigenvalue weighted by Gasteiger charge is 2.50. The van der Waals surface area contributed by atoms with Crippen molar-refractivity contribution in [2.75, 3.05) is 13.2 Å². The summed E-state index contributed by atoms with van der Waals surface area (Å²) in [6.07, 6.45) is 36.7. The van der Waals surface area contributed by atoms with Crippen molar-refractivity contribution in [3.63, 3.8) is 0 Å². The van der Waals surface area contributed by atoms with Gasteiger partial charge in [-0.05, 0) is 70.6 Å². The second-order valence-corrected chi connectivity index (χ2v) is 17.1. The minimum atomic E-state index is -1.91. The van der Waals surface area contributed by atoms with E-state index < -0.39 is 67.3 Å². The second kappa shape index (κ2) is 41.8. The van der Waals surface area contributed by atoms with Crippen LogP contribution < -0.4 is 0 Å². The van der Waals surface area contributed by atoms with Gasteiger partial charge in [-0.15, -0.1) is 0 Å². The molecule has 0 aliphatic carbocycles. The maximum atomic E-state index is 13.0. The van der Waals surface area contributed by atoms with Gasteiger partial charge in [-0.3, -0.25) is 14.4 Å². The monoisotopic (exact) mass is 917 g/mol. The first kappa shape index (κ1) is 59.4. The van der Waals surface area contributed by atoms with Gasteiger partial charge in [0.15, 0.2) is 24.6 Å². The van der Waals surface area contributed by atoms with Gasteiger partial charge in [-0.2, -0.15) is 0 Å². The number of hydrogen-bond acceptors (Lipinski definition) is 11. The van der Waals surface area contributed by atoms with Crippen molar-refractivity contribution < 1.29 is 58.2 Å². The summed E-state index contributed by atoms with van der Waals surface area (Å²) in [6.45, 7) is 5.72. The molecular formula is C53H88O12. The van der Waals surface area contributed by atoms with Gasteiger partial charge in [0.25, 0.3) is 0 Å². The van der Waals surface area contributed by atoms with Crippen LogP contribution in [0.3, 0.4) is 0 Å². The highest BCUT2D eigenvalue weighted by Crippen LogP contribution is 2.26. The molecule has 1 fully saturated rings. The zero-order chi connectivity index (χ0) is 47.6. The SMILES string of the molecule is CC/C=C\C/C=C\C/C=C\C/C=C\CCC(=O)OCC(COC1OC(C(=O)O)C(O)C(O)C1OC(=O)CCCCCCCCCCC)OC(=O)CCCCCCC/C=C\CCCCCC. The maximum Gasteiger partial charge on any atom is 0.335 e. The number of ether oxygens (including phenoxy) is 5. The first-order valence-corrected chi connectivity index (χ1v) is 25.3. The van der Waals surface area contributed by atoms with Crippen molar-refractivity contribution in [1.29, 1.82) is 0 Å². The van der Waals surface area contributed by atoms with Crippen molar-refractivity contribution >= 4 is 23.9 Å². The average Bonchev–Trinajstić information content (AvgIpc) is 3.29. The van der Waals surface area contributed by atoms with Crippen molar-refractivity contribution in [2.45, 2.75) is 237 Å². The molecule has 372 valence electrons. The summed E-state index contributed by atoms with van der Waals surface area (Å²) in [5.74, 6) is -3.24. The Morgan fingerprint density at radius 3 is 1.55 bits per heavy atom. The van der Waals surface area contributed by atoms with Crippen LogP contribution in [0.15, 0.2) is 60.8 Å². The van der Waals surface area contributed by atoms with Crippen LogP contribution in [-0.4, -0.2) is 89.2 Å². The second-order valence-electron chi connectivity index (χ2n) is 17.1. The number of rotatable bonds is 41. The third kappa shape index (κ3) is 32.7. The molecule has 0 bridgehead atoms. The van der Waals surface area contributed by atoms with E-state index >= 15 is 0 Å². The lowest BCUT2D eigenvalue weighted by Crippen LogP contribution is -2.61. The Labute approximate surface area is 392 Å². The van der Waals surface area contributed by atoms with Crippen LogP contribution in [0.2, 0.25) is 0 Å². The molecule has 65 heavy (non-hydrogen) atoms. The lowest BCUT2D eigenvalue weighted by Gasteiger charge is -2.40. The summed E-state index contributed by atoms with van der Waals surface area (Å²) >= 11 is 0. The largest absolute Gasteiger partial charge is 0.479 e. The van der Waals surface area contributed by atoms with E-state index in [4.69, 9.17) is 23.7 Å². The molecule has 1 saturated heterocycles. The predicted octanol–water partition coefficient (Wildman–Crippen LogP) is 11.7. The number of hydrogen-bond donors (Lipinski definition) is 3. The lowest BCUT2D eigenvalue weighted by atomic mass is 9.98. The molecule has 1 heterocycles. The van der Waals surface area contributed by atoms with Crippen LogP contribution >= 0.6 is 0 Å². The number of aliphatic carboxylic acids is 1. The highest BCUT2D eigenvalue weighted by atomic mass is 16.7. The summed E-state index contributed by atoms with van der Waals surface area (Å²) in [5, 5.41) is 31.2. The van der Waals surface area contributed by atoms with E-state index in [9.17, 15) is 34.5 Å². The fourth-order valence-corrected chi connectivity index (χ4v) is 7.20. The third-order valence-electron chi connectivity index (χ3n) is 11.1. The Bertz CT molecular complexity index is 1370. The number of unbranched alkanes of at least 4 members (excludes halogenated alkanes) is 17. The number of allylic oxidation sites excluding steroid dienone is 10. The zero-order valence-corrected chi connectivity index (χ0v) is 40.5. The Kier molecular flexibility index (Phi) is 38.2. The molecule has 6 atom stereocenters. The number of carboxylic acids is 1. The molecule has 0 radical (unpaired) electrons. The summed E-state index contributed by atoms with van der Waals surface area (Å²) in [4.78, 5) is 50.6. The van der Waals surface area contributed by atoms with Gasteiger partial charge in [0, 0.05) is 19.3 Å². The standard InChI is InChI=1S/C53H88O12/c1-4-7-10-13-16-19-21-23-25-28-30-33-36-39-45(54)61-42-44(63-46(55)40-37-34-32-29-26-24-22-20-17-14-11-8-5-2)43-62-53-51(49(58)48(57)50(65-53)52(59)60)64-47(56)41-38-35-31-27-18-15-12-9-6-3/h7,10,16,19-20,22-23,25,30,33,44,48-51,53,57-58H,4-6,8-9,11-15,17-18,21,24,26-29,31-32,34-43H2,1-3H3,(H,59,60)/b10-7-,19-16-,22-20-,25-23-,33-30-. The van der Waals surface area contributed by atoms with E-state index in [1.165, 1.54) is 51.4 Å². The molecule has 12 heteroatoms. The number of aliphatic hydroxyl groups is 2. The van der Waals surface area contributed by atoms with Gasteiger partial charge in [0.2, 0.25) is 0 Å². The first-order chi connectivity index (χ1) is 31.6. The van der Waals surface area contributed by atoms with Crippen LogP contribution in [0.4, 0.5) is 0 Å². The summed E-state index contributed by atoms with van der Waals surface area (Å²) in [7, 11) is 0. The number of carbonyl (C=O) groups excluding carboxylic acids is 3. The van der Waals surface area contributed by atoms with E-state index in [2.05, 4.69) is 69.4 Å². The normalized spacial score (nSPS) is 19.6. The molecule has 0 aromatic carbocycles. The Morgan fingerprint density at radius 2 is 1.00 bits per heavy atom. The Morgan fingerprint density at radius 1 is 0.523 bits per heavy atom. The molecule has 3 N–H and O–H groups in total. The summed E-state index contributed by atoms with van der Waals surface area (Å²) in [6, 6.07) is 0. The smallest absolute Gasteiger partial charge is 0.335 e. The quantitative estimate of drug-likeness (QED) is 0.0229. The van der Waals surface area contributed by atoms with Gasteiger partial charge < -0.3 is 39.0 Å². The summed E-state index contributed by atoms with van der Waals surface area (Å²) in [5.41, 5.74) is 0. The van der Waals surface area contributed by atoms with Crippen LogP contribution in [0.1, 0.15) is 201 Å². The van der Waals surface area contributed by atoms with E-state index in [-0.39, 0.29) is 25.9 Å². The topological polar surface area (TPSA) is 175 Å². The molecule has 1 aliphatic rings. The maximum absolute atomic E-state index is 13.0. The average molecular weight is 917 g/mol. The number of aliphatic hydroxyl groups excluding tert-OH is 2. The predicted molar refractivity (Wildman–Crippen MR) is 257 cm³/mol. The Hall–Kier alpha value is -3.58. The first-order valence-electron chi connectivity index (χ1n) is 25.3. The molecular weight excluding hydrogens is 829 g/mol. The van der Waals surface area contributed by atoms with Crippen molar-refractivity contribution in [2.24, 2.45) is 0 Å². The highest BCUT2D eigenvalue weighted by molar-refractivity contribution is 5.74. The van der Waals surface area contributed by atoms with Crippen molar-refractivity contribution in [3.8, 4) is 0 Å². The van der Waals surface area contributed by atoms with Gasteiger partial charge >= 0.3 is 23.9 Å². The van der Waals surface area contributed by atoms with E-state index in [0.29, 0.717) is 19.3 Å². The van der Waals surface area contributed by atoms with Crippen molar-refractivity contribution in [3.05, 3.63) is 60.8 Å². The van der Waals surface area contributed by atoms with Crippen molar-refractivity contribution in [1.82, 2.24) is 0 Å². The molecule has 6 unspecified atom stereocenters. The van der Waals surface area contributed by atoms with Gasteiger partial charge in [0.05, 0.1) is 6.61 Å². The van der Waals surface area contributed by atoms with Gasteiger partial charge in [-0.25, -0.2) is 4.79 Å². The fraction of sp³-hybridized carbons (Fsp3) is 0.736. The van der Waals surface area contributed by atoms with Crippen LogP contribution in [0.25, 0.3) is 0 Å². The number of carbonyl (C=O) groups is 4. The molecule has 0 amide bonds. The molecule has 1 rings (SSSR count). The van der Waals surface area contributed by atoms with Gasteiger partial charge in [-0.1, -0.05) is 171 Å². The van der Waals surface area contributed by atoms with E-state index in [1.54, 1.807) is 0 Å². The summed E-state index contributed by atoms with van der Waals surface area (Å²) < 4.78 is 28.1. The van der Waals surface area contributed by atoms with E-state index in [1.807, 2.05) is 12.2 Å². The Balaban J connectivity index is 2.80. The fourth-order valence-electron chi connectivity index (χ4n) is 7.20. The zero-order valence-electron chi connectivity index (χ0n) is 40.5. The molecule has 1 aliphatic heterocycles. The molecule has 0 saturated carbocycles. The van der Waals surface area contributed by atoms with E-state index in [0.717, 1.165) is 89.9 Å². The molecule has 0 aromatic heterocycles. The third-order valence-corrected chi connectivity index (χ3v) is 11.1. The van der Waals surface area contributed by atoms with Gasteiger partial charge in [0.1, 0.15) is 18.8 Å². The van der Waals surface area contributed by atoms with Crippen LogP contribution in [0, 0.1) is 0 Å². The molecule has 12 nitrogen and oxygen atoms in total. The minimum Gasteiger partial charge on any atom is -0.479 e. The van der Waals surface area contributed by atoms with Crippen LogP contribution in [-0.2, 0) is 42.9 Å². The lowest BCUT2D eigenvalue weighted by molar-refractivity contribution is -0.301. The number of carboxylic acid groups (broad SMARTS) is 1. The molecule has 0 spiro atoms. The van der Waals surface area contributed by atoms with Crippen LogP contribution in [0.5, 0.6) is 0 Å². The minimum absolute atomic E-state index is 0.0531. The molecule has 0 aromatic rings.